The number of hydrogen-bond donors (Lipinski definition) is 0. The van der Waals surface area contributed by atoms with Crippen LogP contribution in [0.4, 0.5) is 13.2 Å². The fourth-order valence-electron chi connectivity index (χ4n) is 2.87. The Morgan fingerprint density at radius 2 is 1.76 bits per heavy atom. The van der Waals surface area contributed by atoms with Crippen LogP contribution in [-0.4, -0.2) is 39.5 Å². The maximum absolute atomic E-state index is 13.9. The average Bonchev–Trinajstić information content (AvgIpc) is 2.44. The molecular weight excluding hydrogens is 353 g/mol. The molecule has 0 spiro atoms. The Hall–Kier alpha value is -1.96. The van der Waals surface area contributed by atoms with Gasteiger partial charge in [-0.1, -0.05) is 19.6 Å². The van der Waals surface area contributed by atoms with E-state index in [0.717, 1.165) is 0 Å². The summed E-state index contributed by atoms with van der Waals surface area (Å²) < 4.78 is 56.5. The summed E-state index contributed by atoms with van der Waals surface area (Å²) in [6.45, 7) is 6.54. The molecular formula is C17H21F3O4Si. The summed E-state index contributed by atoms with van der Waals surface area (Å²) in [5.74, 6) is -0.727. The van der Waals surface area contributed by atoms with Crippen LogP contribution in [0.1, 0.15) is 12.5 Å². The third-order valence-corrected chi connectivity index (χ3v) is 5.98. The number of halogens is 3. The average molecular weight is 374 g/mol. The Morgan fingerprint density at radius 1 is 1.20 bits per heavy atom. The van der Waals surface area contributed by atoms with Crippen molar-refractivity contribution in [2.24, 2.45) is 0 Å². The highest BCUT2D eigenvalue weighted by molar-refractivity contribution is 6.85. The van der Waals surface area contributed by atoms with Gasteiger partial charge in [0.05, 0.1) is 21.8 Å². The lowest BCUT2D eigenvalue weighted by atomic mass is 9.93. The maximum atomic E-state index is 13.9. The molecule has 138 valence electrons. The summed E-state index contributed by atoms with van der Waals surface area (Å²) in [5, 5.41) is -0.00360. The van der Waals surface area contributed by atoms with Gasteiger partial charge in [0.1, 0.15) is 11.5 Å². The molecule has 1 aliphatic heterocycles. The van der Waals surface area contributed by atoms with Gasteiger partial charge in [0.2, 0.25) is 0 Å². The van der Waals surface area contributed by atoms with Gasteiger partial charge in [0, 0.05) is 10.8 Å². The quantitative estimate of drug-likeness (QED) is 0.573. The molecule has 0 aliphatic carbocycles. The number of esters is 1. The Bertz CT molecular complexity index is 689. The Balaban J connectivity index is 2.64. The first-order chi connectivity index (χ1) is 11.5. The molecule has 0 unspecified atom stereocenters. The van der Waals surface area contributed by atoms with Crippen molar-refractivity contribution in [3.8, 4) is 5.75 Å². The van der Waals surface area contributed by atoms with Crippen LogP contribution in [0.15, 0.2) is 29.5 Å². The van der Waals surface area contributed by atoms with Gasteiger partial charge in [-0.15, -0.1) is 0 Å². The second kappa shape index (κ2) is 6.40. The third-order valence-electron chi connectivity index (χ3n) is 3.90. The smallest absolute Gasteiger partial charge is 0.443 e. The van der Waals surface area contributed by atoms with E-state index in [9.17, 15) is 18.0 Å². The number of rotatable bonds is 5. The van der Waals surface area contributed by atoms with Crippen LogP contribution < -0.4 is 4.74 Å². The minimum absolute atomic E-state index is 0.00360. The minimum Gasteiger partial charge on any atom is -0.497 e. The summed E-state index contributed by atoms with van der Waals surface area (Å²) >= 11 is 0. The number of ether oxygens (including phenoxy) is 3. The first-order valence-electron chi connectivity index (χ1n) is 7.81. The van der Waals surface area contributed by atoms with Crippen LogP contribution >= 0.6 is 0 Å². The van der Waals surface area contributed by atoms with E-state index in [-0.39, 0.29) is 17.6 Å². The summed E-state index contributed by atoms with van der Waals surface area (Å²) in [7, 11) is -1.08. The molecule has 0 bridgehead atoms. The summed E-state index contributed by atoms with van der Waals surface area (Å²) in [5.41, 5.74) is -2.54. The fourth-order valence-corrected chi connectivity index (χ4v) is 5.10. The predicted molar refractivity (Wildman–Crippen MR) is 89.8 cm³/mol. The lowest BCUT2D eigenvalue weighted by molar-refractivity contribution is -0.256. The standard InChI is InChI=1S/C17H21F3O4Si/c1-6-23-15(21)16(17(18,19)20)14(25(3,4)5)13(24-16)11-7-9-12(22-2)10-8-11/h7-10H,6H2,1-5H3/t16-/m1/s1. The predicted octanol–water partition coefficient (Wildman–Crippen LogP) is 4.18. The molecule has 1 aliphatic rings. The van der Waals surface area contributed by atoms with Crippen molar-refractivity contribution in [3.05, 3.63) is 35.0 Å². The Morgan fingerprint density at radius 3 is 2.16 bits per heavy atom. The molecule has 1 heterocycles. The molecule has 1 aromatic rings. The van der Waals surface area contributed by atoms with E-state index in [0.29, 0.717) is 11.3 Å². The number of alkyl halides is 3. The monoisotopic (exact) mass is 374 g/mol. The molecule has 0 saturated heterocycles. The summed E-state index contributed by atoms with van der Waals surface area (Å²) in [4.78, 5) is 12.2. The van der Waals surface area contributed by atoms with Crippen molar-refractivity contribution in [1.82, 2.24) is 0 Å². The van der Waals surface area contributed by atoms with Crippen LogP contribution in [0.5, 0.6) is 5.75 Å². The van der Waals surface area contributed by atoms with Gasteiger partial charge in [-0.25, -0.2) is 4.79 Å². The van der Waals surface area contributed by atoms with Crippen molar-refractivity contribution in [3.63, 3.8) is 0 Å². The first kappa shape index (κ1) is 19.4. The van der Waals surface area contributed by atoms with Gasteiger partial charge in [-0.3, -0.25) is 0 Å². The third kappa shape index (κ3) is 3.15. The highest BCUT2D eigenvalue weighted by Crippen LogP contribution is 2.55. The SMILES string of the molecule is CCOC(=O)[C@]1(C(F)(F)F)OC(c2ccc(OC)cc2)=C1[Si](C)(C)C. The lowest BCUT2D eigenvalue weighted by Crippen LogP contribution is -2.65. The lowest BCUT2D eigenvalue weighted by Gasteiger charge is -2.48. The first-order valence-corrected chi connectivity index (χ1v) is 11.3. The van der Waals surface area contributed by atoms with E-state index in [4.69, 9.17) is 14.2 Å². The van der Waals surface area contributed by atoms with Gasteiger partial charge < -0.3 is 14.2 Å². The largest absolute Gasteiger partial charge is 0.497 e. The van der Waals surface area contributed by atoms with Gasteiger partial charge in [0.25, 0.3) is 0 Å². The summed E-state index contributed by atoms with van der Waals surface area (Å²) in [6.07, 6.45) is -4.90. The molecule has 1 atom stereocenters. The molecule has 0 radical (unpaired) electrons. The van der Waals surface area contributed by atoms with E-state index in [1.54, 1.807) is 43.9 Å². The number of carbonyl (C=O) groups excluding carboxylic acids is 1. The van der Waals surface area contributed by atoms with Crippen LogP contribution in [0.3, 0.4) is 0 Å². The molecule has 0 N–H and O–H groups in total. The van der Waals surface area contributed by atoms with Gasteiger partial charge in [0.15, 0.2) is 0 Å². The van der Waals surface area contributed by atoms with Crippen molar-refractivity contribution >= 4 is 19.8 Å². The van der Waals surface area contributed by atoms with E-state index in [2.05, 4.69) is 0 Å². The normalized spacial score (nSPS) is 20.6. The maximum Gasteiger partial charge on any atom is 0.443 e. The van der Waals surface area contributed by atoms with E-state index in [1.165, 1.54) is 14.0 Å². The van der Waals surface area contributed by atoms with Gasteiger partial charge >= 0.3 is 17.7 Å². The van der Waals surface area contributed by atoms with E-state index < -0.39 is 25.8 Å². The van der Waals surface area contributed by atoms with Crippen LogP contribution in [0.25, 0.3) is 5.76 Å². The molecule has 0 fully saturated rings. The van der Waals surface area contributed by atoms with E-state index in [1.807, 2.05) is 0 Å². The van der Waals surface area contributed by atoms with Crippen molar-refractivity contribution in [2.75, 3.05) is 13.7 Å². The fraction of sp³-hybridized carbons (Fsp3) is 0.471. The molecule has 25 heavy (non-hydrogen) atoms. The highest BCUT2D eigenvalue weighted by Gasteiger charge is 2.74. The topological polar surface area (TPSA) is 44.8 Å². The number of benzene rings is 1. The van der Waals surface area contributed by atoms with Gasteiger partial charge in [-0.05, 0) is 31.2 Å². The Labute approximate surface area is 145 Å². The van der Waals surface area contributed by atoms with Crippen molar-refractivity contribution < 1.29 is 32.2 Å². The Kier molecular flexibility index (Phi) is 4.96. The molecule has 0 amide bonds. The highest BCUT2D eigenvalue weighted by atomic mass is 28.3. The number of methoxy groups -OCH3 is 1. The zero-order valence-corrected chi connectivity index (χ0v) is 15.8. The molecule has 4 nitrogen and oxygen atoms in total. The number of carbonyl (C=O) groups is 1. The molecule has 0 saturated carbocycles. The zero-order chi connectivity index (χ0) is 19.0. The second-order valence-electron chi connectivity index (χ2n) is 6.68. The minimum atomic E-state index is -4.90. The molecule has 0 aromatic heterocycles. The van der Waals surface area contributed by atoms with Crippen molar-refractivity contribution in [1.29, 1.82) is 0 Å². The molecule has 2 rings (SSSR count). The second-order valence-corrected chi connectivity index (χ2v) is 11.7. The zero-order valence-electron chi connectivity index (χ0n) is 14.8. The van der Waals surface area contributed by atoms with Gasteiger partial charge in [-0.2, -0.15) is 13.2 Å². The van der Waals surface area contributed by atoms with Crippen LogP contribution in [0.2, 0.25) is 19.6 Å². The summed E-state index contributed by atoms with van der Waals surface area (Å²) in [6, 6.07) is 6.48. The van der Waals surface area contributed by atoms with Crippen molar-refractivity contribution in [2.45, 2.75) is 38.3 Å². The molecule has 8 heteroatoms. The van der Waals surface area contributed by atoms with E-state index >= 15 is 0 Å². The number of hydrogen-bond acceptors (Lipinski definition) is 4. The van der Waals surface area contributed by atoms with Crippen LogP contribution in [0, 0.1) is 0 Å². The van der Waals surface area contributed by atoms with Crippen LogP contribution in [-0.2, 0) is 14.3 Å². The molecule has 1 aromatic carbocycles.